The summed E-state index contributed by atoms with van der Waals surface area (Å²) in [6.45, 7) is 3.63. The SMILES string of the molecule is [2H]c1cc2c(oc3c(-c4ccc(C([2H])([2H])C([2H])([2H])c5cc(C([2H])([2H])C(C)(C)c6ccc(-c7[c-]cccc7)nc6)cc(C([2H])([2H])C(C)(C)c6ccc(-c7[c-]cccc7)nc6)c5)cn4)[c-]ccc32)c(-c2c([2H])c([2H])c(C([2H])([2H])[2H])c([2H])c2[2H])c1F.[Ir+3]. The van der Waals surface area contributed by atoms with Gasteiger partial charge in [-0.2, -0.15) is 0 Å². The maximum Gasteiger partial charge on any atom is 3.00 e. The Morgan fingerprint density at radius 3 is 1.71 bits per heavy atom. The Kier molecular flexibility index (Phi) is 8.71. The molecule has 0 saturated carbocycles. The predicted octanol–water partition coefficient (Wildman–Crippen LogP) is 15.1. The third kappa shape index (κ3) is 9.76. The molecule has 6 heteroatoms. The van der Waals surface area contributed by atoms with E-state index in [4.69, 9.17) is 15.4 Å². The molecule has 0 unspecified atom stereocenters. The van der Waals surface area contributed by atoms with Gasteiger partial charge in [-0.15, -0.1) is 90.0 Å². The number of furan rings is 1. The Morgan fingerprint density at radius 1 is 0.588 bits per heavy atom. The van der Waals surface area contributed by atoms with Crippen LogP contribution >= 0.6 is 0 Å². The molecule has 4 nitrogen and oxygen atoms in total. The van der Waals surface area contributed by atoms with Gasteiger partial charge in [-0.1, -0.05) is 123 Å². The van der Waals surface area contributed by atoms with E-state index in [0.717, 1.165) is 23.4 Å². The van der Waals surface area contributed by atoms with Crippen molar-refractivity contribution >= 4 is 21.9 Å². The second kappa shape index (κ2) is 19.4. The number of nitrogens with zero attached hydrogens (tertiary/aromatic N) is 3. The number of benzene rings is 6. The molecule has 0 fully saturated rings. The summed E-state index contributed by atoms with van der Waals surface area (Å²) in [6.07, 6.45) is -6.54. The molecule has 4 aromatic heterocycles. The van der Waals surface area contributed by atoms with Gasteiger partial charge in [0.2, 0.25) is 0 Å². The van der Waals surface area contributed by atoms with E-state index in [1.54, 1.807) is 82.6 Å². The first-order valence-corrected chi connectivity index (χ1v) is 21.5. The van der Waals surface area contributed by atoms with E-state index in [1.165, 1.54) is 36.4 Å². The first-order chi connectivity index (χ1) is 38.8. The standard InChI is InChI=1S/C62H51FN3O.Ir/c1-41-19-24-48(25-20-41)58-54(63)29-28-52-51-17-12-18-53(59(51)67-60(52)58)57-30-23-42(38-64-57)21-22-43-33-44(36-61(2,3)49-26-31-55(65-39-49)46-13-8-6-9-14-46)35-45(34-43)37-62(4,5)50-27-32-56(66-40-50)47-15-10-7-11-16-47;/h6-13,15,17,19-20,23-35,38-40H,21-22,36-37H2,1-5H3;/q-3;+3/i1D3,19D,20D,21D2,22D2,24D,25D,29D,36D2,37D2;. The van der Waals surface area contributed by atoms with Crippen molar-refractivity contribution in [3.8, 4) is 44.9 Å². The summed E-state index contributed by atoms with van der Waals surface area (Å²) in [7, 11) is 0. The van der Waals surface area contributed by atoms with Crippen molar-refractivity contribution < 1.29 is 50.8 Å². The fourth-order valence-electron chi connectivity index (χ4n) is 7.99. The Balaban J connectivity index is 0.00000846. The largest absolute Gasteiger partial charge is 3.00 e. The zero-order chi connectivity index (χ0) is 60.1. The van der Waals surface area contributed by atoms with Gasteiger partial charge in [0.25, 0.3) is 0 Å². The number of aromatic nitrogens is 3. The second-order valence-corrected chi connectivity index (χ2v) is 17.1. The van der Waals surface area contributed by atoms with Gasteiger partial charge >= 0.3 is 20.1 Å². The minimum atomic E-state index is -3.04. The van der Waals surface area contributed by atoms with Crippen LogP contribution in [0, 0.1) is 30.9 Å². The van der Waals surface area contributed by atoms with Crippen LogP contribution in [0.15, 0.2) is 175 Å². The number of pyridine rings is 3. The quantitative estimate of drug-likeness (QED) is 0.108. The van der Waals surface area contributed by atoms with Crippen LogP contribution in [0.1, 0.15) is 88.6 Å². The average molecular weight is 1080 g/mol. The molecule has 0 saturated heterocycles. The molecule has 0 spiro atoms. The Hall–Kier alpha value is -6.85. The summed E-state index contributed by atoms with van der Waals surface area (Å²) in [5.41, 5.74) is -2.19. The molecule has 336 valence electrons. The number of hydrogen-bond donors (Lipinski definition) is 0. The van der Waals surface area contributed by atoms with Gasteiger partial charge in [0.05, 0.1) is 18.0 Å². The summed E-state index contributed by atoms with van der Waals surface area (Å²) < 4.78 is 167. The van der Waals surface area contributed by atoms with Crippen molar-refractivity contribution in [1.29, 1.82) is 0 Å². The molecule has 0 atom stereocenters. The van der Waals surface area contributed by atoms with E-state index in [9.17, 15) is 11.0 Å². The molecule has 0 radical (unpaired) electrons. The monoisotopic (exact) mass is 1080 g/mol. The van der Waals surface area contributed by atoms with E-state index in [0.29, 0.717) is 22.5 Å². The summed E-state index contributed by atoms with van der Waals surface area (Å²) in [5.74, 6) is -1.25. The maximum absolute atomic E-state index is 16.3. The zero-order valence-electron chi connectivity index (χ0n) is 53.2. The summed E-state index contributed by atoms with van der Waals surface area (Å²) in [6, 6.07) is 37.4. The van der Waals surface area contributed by atoms with Crippen LogP contribution in [0.5, 0.6) is 0 Å². The molecule has 4 heterocycles. The van der Waals surface area contributed by atoms with Gasteiger partial charge in [0.1, 0.15) is 11.4 Å². The van der Waals surface area contributed by atoms with Gasteiger partial charge in [-0.25, -0.2) is 4.39 Å². The van der Waals surface area contributed by atoms with E-state index in [1.807, 2.05) is 36.4 Å². The molecule has 0 amide bonds. The fourth-order valence-corrected chi connectivity index (χ4v) is 7.99. The molecule has 6 aromatic carbocycles. The van der Waals surface area contributed by atoms with Gasteiger partial charge in [0.15, 0.2) is 0 Å². The topological polar surface area (TPSA) is 51.8 Å². The third-order valence-electron chi connectivity index (χ3n) is 11.5. The van der Waals surface area contributed by atoms with Crippen LogP contribution in [0.25, 0.3) is 66.8 Å². The van der Waals surface area contributed by atoms with Crippen molar-refractivity contribution in [3.05, 3.63) is 233 Å². The molecule has 0 aliphatic heterocycles. The van der Waals surface area contributed by atoms with Gasteiger partial charge in [-0.3, -0.25) is 0 Å². The number of rotatable bonds is 13. The molecule has 0 bridgehead atoms. The Bertz CT molecular complexity index is 3980. The zero-order valence-corrected chi connectivity index (χ0v) is 39.6. The summed E-state index contributed by atoms with van der Waals surface area (Å²) >= 11 is 0. The number of fused-ring (bicyclic) bond motifs is 3. The van der Waals surface area contributed by atoms with Gasteiger partial charge in [0, 0.05) is 39.1 Å². The first-order valence-electron chi connectivity index (χ1n) is 29.5. The molecule has 68 heavy (non-hydrogen) atoms. The Labute approximate surface area is 435 Å². The van der Waals surface area contributed by atoms with Crippen LogP contribution < -0.4 is 0 Å². The third-order valence-corrected chi connectivity index (χ3v) is 11.5. The van der Waals surface area contributed by atoms with Crippen molar-refractivity contribution in [1.82, 2.24) is 15.0 Å². The smallest absolute Gasteiger partial charge is 0.500 e. The van der Waals surface area contributed by atoms with Crippen LogP contribution in [0.4, 0.5) is 4.39 Å². The number of hydrogen-bond acceptors (Lipinski definition) is 4. The molecule has 0 N–H and O–H groups in total. The van der Waals surface area contributed by atoms with Gasteiger partial charge in [-0.05, 0) is 111 Å². The van der Waals surface area contributed by atoms with Crippen LogP contribution in [-0.4, -0.2) is 15.0 Å². The van der Waals surface area contributed by atoms with E-state index >= 15 is 4.39 Å². The van der Waals surface area contributed by atoms with Crippen LogP contribution in [-0.2, 0) is 56.4 Å². The van der Waals surface area contributed by atoms with Crippen molar-refractivity contribution in [3.63, 3.8) is 0 Å². The normalized spacial score (nSPS) is 16.2. The molecule has 0 aliphatic carbocycles. The maximum atomic E-state index is 16.3. The summed E-state index contributed by atoms with van der Waals surface area (Å²) in [4.78, 5) is 13.8. The van der Waals surface area contributed by atoms with E-state index in [2.05, 4.69) is 33.2 Å². The first kappa shape index (κ1) is 30.5. The Morgan fingerprint density at radius 2 is 1.16 bits per heavy atom. The number of aryl methyl sites for hydroxylation is 2. The molecule has 10 aromatic rings. The molecular formula is C62H51FIrN3O. The van der Waals surface area contributed by atoms with Crippen LogP contribution in [0.2, 0.25) is 0 Å². The van der Waals surface area contributed by atoms with Crippen molar-refractivity contribution in [2.45, 2.75) is 70.9 Å². The van der Waals surface area contributed by atoms with Crippen molar-refractivity contribution in [2.24, 2.45) is 0 Å². The van der Waals surface area contributed by atoms with Gasteiger partial charge < -0.3 is 19.4 Å². The molecule has 0 aliphatic rings. The fraction of sp³-hybridized carbons (Fsp3) is 0.177. The predicted molar refractivity (Wildman–Crippen MR) is 270 cm³/mol. The second-order valence-electron chi connectivity index (χ2n) is 17.1. The van der Waals surface area contributed by atoms with E-state index < -0.39 is 95.9 Å². The van der Waals surface area contributed by atoms with Crippen molar-refractivity contribution in [2.75, 3.05) is 0 Å². The van der Waals surface area contributed by atoms with E-state index in [-0.39, 0.29) is 75.6 Å². The minimum Gasteiger partial charge on any atom is -0.500 e. The average Bonchev–Trinajstić information content (AvgIpc) is 1.35. The molecule has 10 rings (SSSR count). The summed E-state index contributed by atoms with van der Waals surface area (Å²) in [5, 5.41) is 0.417. The molecular weight excluding hydrogens is 1010 g/mol. The minimum absolute atomic E-state index is 0. The number of halogens is 1. The van der Waals surface area contributed by atoms with Crippen LogP contribution in [0.3, 0.4) is 0 Å².